The van der Waals surface area contributed by atoms with Crippen LogP contribution in [0.5, 0.6) is 0 Å². The molecule has 0 aromatic rings. The van der Waals surface area contributed by atoms with Crippen LogP contribution in [0.25, 0.3) is 0 Å². The van der Waals surface area contributed by atoms with Crippen LogP contribution >= 0.6 is 0 Å². The monoisotopic (exact) mass is 169 g/mol. The van der Waals surface area contributed by atoms with Crippen molar-refractivity contribution < 1.29 is 4.48 Å². The summed E-state index contributed by atoms with van der Waals surface area (Å²) in [6, 6.07) is 2.74. The van der Waals surface area contributed by atoms with Crippen LogP contribution in [0.15, 0.2) is 0 Å². The van der Waals surface area contributed by atoms with Crippen LogP contribution in [0.2, 0.25) is 0 Å². The van der Waals surface area contributed by atoms with E-state index in [1.807, 2.05) is 0 Å². The van der Waals surface area contributed by atoms with E-state index < -0.39 is 0 Å². The Morgan fingerprint density at radius 2 is 1.58 bits per heavy atom. The molecule has 1 unspecified atom stereocenters. The molecule has 2 nitrogen and oxygen atoms in total. The van der Waals surface area contributed by atoms with Crippen LogP contribution in [-0.2, 0) is 0 Å². The van der Waals surface area contributed by atoms with E-state index in [9.17, 15) is 0 Å². The second kappa shape index (κ2) is 5.16. The first kappa shape index (κ1) is 11.4. The first-order chi connectivity index (χ1) is 5.66. The van der Waals surface area contributed by atoms with Crippen LogP contribution in [0.3, 0.4) is 0 Å². The lowest BCUT2D eigenvalue weighted by Gasteiger charge is -2.40. The Bertz CT molecular complexity index is 145. The Morgan fingerprint density at radius 3 is 1.83 bits per heavy atom. The first-order valence-electron chi connectivity index (χ1n) is 4.89. The predicted molar refractivity (Wildman–Crippen MR) is 51.6 cm³/mol. The summed E-state index contributed by atoms with van der Waals surface area (Å²) in [6.07, 6.45) is 0.676. The second-order valence-electron chi connectivity index (χ2n) is 3.38. The third kappa shape index (κ3) is 2.22. The van der Waals surface area contributed by atoms with E-state index in [-0.39, 0.29) is 0 Å². The molecule has 0 aromatic carbocycles. The van der Waals surface area contributed by atoms with Crippen molar-refractivity contribution in [2.75, 3.05) is 19.6 Å². The summed E-state index contributed by atoms with van der Waals surface area (Å²) < 4.78 is 1.08. The summed E-state index contributed by atoms with van der Waals surface area (Å²) in [7, 11) is 0. The fourth-order valence-corrected chi connectivity index (χ4v) is 1.93. The van der Waals surface area contributed by atoms with Gasteiger partial charge in [0.05, 0.1) is 38.2 Å². The number of quaternary nitrogens is 1. The summed E-state index contributed by atoms with van der Waals surface area (Å²) in [6.45, 7) is 12.2. The largest absolute Gasteiger partial charge is 0.321 e. The lowest BCUT2D eigenvalue weighted by atomic mass is 10.1. The first-order valence-corrected chi connectivity index (χ1v) is 4.89. The van der Waals surface area contributed by atoms with Crippen molar-refractivity contribution in [1.82, 2.24) is 0 Å². The maximum atomic E-state index is 8.63. The number of rotatable bonds is 5. The average molecular weight is 169 g/mol. The minimum atomic E-state index is 0.481. The van der Waals surface area contributed by atoms with Crippen molar-refractivity contribution in [1.29, 1.82) is 5.26 Å². The highest BCUT2D eigenvalue weighted by Gasteiger charge is 2.27. The van der Waals surface area contributed by atoms with Gasteiger partial charge < -0.3 is 4.48 Å². The Hall–Kier alpha value is -0.550. The Kier molecular flexibility index (Phi) is 4.92. The molecule has 0 N–H and O–H groups in total. The van der Waals surface area contributed by atoms with E-state index >= 15 is 0 Å². The molecule has 0 aliphatic carbocycles. The molecule has 0 aliphatic heterocycles. The van der Waals surface area contributed by atoms with Crippen molar-refractivity contribution in [2.24, 2.45) is 0 Å². The van der Waals surface area contributed by atoms with Crippen LogP contribution in [0.4, 0.5) is 0 Å². The van der Waals surface area contributed by atoms with Crippen LogP contribution in [0.1, 0.15) is 34.1 Å². The van der Waals surface area contributed by atoms with Crippen LogP contribution in [-0.4, -0.2) is 30.2 Å². The fourth-order valence-electron chi connectivity index (χ4n) is 1.93. The van der Waals surface area contributed by atoms with Crippen molar-refractivity contribution in [3.05, 3.63) is 0 Å². The van der Waals surface area contributed by atoms with E-state index in [1.54, 1.807) is 0 Å². The van der Waals surface area contributed by atoms with Gasteiger partial charge in [0, 0.05) is 0 Å². The normalized spacial score (nSPS) is 13.9. The van der Waals surface area contributed by atoms with Crippen LogP contribution in [0, 0.1) is 11.3 Å². The smallest absolute Gasteiger partial charge is 0.0993 e. The molecule has 0 amide bonds. The van der Waals surface area contributed by atoms with Gasteiger partial charge in [-0.25, -0.2) is 0 Å². The second-order valence-corrected chi connectivity index (χ2v) is 3.38. The molecule has 0 saturated carbocycles. The Balaban J connectivity index is 4.37. The lowest BCUT2D eigenvalue weighted by Crippen LogP contribution is -2.53. The quantitative estimate of drug-likeness (QED) is 0.579. The summed E-state index contributed by atoms with van der Waals surface area (Å²) >= 11 is 0. The van der Waals surface area contributed by atoms with Crippen molar-refractivity contribution in [2.45, 2.75) is 40.2 Å². The molecule has 70 valence electrons. The zero-order chi connectivity index (χ0) is 9.61. The standard InChI is InChI=1S/C10H21N2/c1-5-12(6-2,7-3)10(4)8-9-11/h10H,5-8H2,1-4H3/q+1. The summed E-state index contributed by atoms with van der Waals surface area (Å²) in [5, 5.41) is 8.63. The van der Waals surface area contributed by atoms with Crippen molar-refractivity contribution >= 4 is 0 Å². The molecule has 0 spiro atoms. The van der Waals surface area contributed by atoms with Gasteiger partial charge >= 0.3 is 0 Å². The molecule has 0 fully saturated rings. The minimum absolute atomic E-state index is 0.481. The molecule has 0 radical (unpaired) electrons. The van der Waals surface area contributed by atoms with E-state index in [4.69, 9.17) is 5.26 Å². The molecule has 0 heterocycles. The van der Waals surface area contributed by atoms with Gasteiger partial charge in [0.25, 0.3) is 0 Å². The Labute approximate surface area is 76.4 Å². The topological polar surface area (TPSA) is 23.8 Å². The number of nitrogens with zero attached hydrogens (tertiary/aromatic N) is 2. The van der Waals surface area contributed by atoms with Crippen molar-refractivity contribution in [3.63, 3.8) is 0 Å². The van der Waals surface area contributed by atoms with Gasteiger partial charge in [-0.15, -0.1) is 0 Å². The highest BCUT2D eigenvalue weighted by atomic mass is 15.4. The summed E-state index contributed by atoms with van der Waals surface area (Å²) in [4.78, 5) is 0. The fraction of sp³-hybridized carbons (Fsp3) is 0.900. The molecule has 0 rings (SSSR count). The minimum Gasteiger partial charge on any atom is -0.321 e. The molecular weight excluding hydrogens is 148 g/mol. The molecule has 0 bridgehead atoms. The van der Waals surface area contributed by atoms with Gasteiger partial charge in [-0.05, 0) is 27.7 Å². The van der Waals surface area contributed by atoms with Gasteiger partial charge in [0.1, 0.15) is 0 Å². The SMILES string of the molecule is CC[N+](CC)(CC)C(C)CC#N. The van der Waals surface area contributed by atoms with Gasteiger partial charge in [-0.2, -0.15) is 5.26 Å². The maximum absolute atomic E-state index is 8.63. The van der Waals surface area contributed by atoms with Gasteiger partial charge in [-0.1, -0.05) is 0 Å². The molecule has 0 saturated heterocycles. The lowest BCUT2D eigenvalue weighted by molar-refractivity contribution is -0.944. The average Bonchev–Trinajstić information content (AvgIpc) is 2.09. The molecule has 1 atom stereocenters. The molecule has 12 heavy (non-hydrogen) atoms. The third-order valence-corrected chi connectivity index (χ3v) is 3.21. The maximum Gasteiger partial charge on any atom is 0.0993 e. The van der Waals surface area contributed by atoms with Crippen molar-refractivity contribution in [3.8, 4) is 6.07 Å². The highest BCUT2D eigenvalue weighted by molar-refractivity contribution is 4.74. The van der Waals surface area contributed by atoms with Gasteiger partial charge in [0.2, 0.25) is 0 Å². The summed E-state index contributed by atoms with van der Waals surface area (Å²) in [5.74, 6) is 0. The van der Waals surface area contributed by atoms with Crippen LogP contribution < -0.4 is 0 Å². The molecule has 0 aliphatic rings. The molecule has 0 aromatic heterocycles. The number of nitriles is 1. The predicted octanol–water partition coefficient (Wildman–Crippen LogP) is 2.17. The van der Waals surface area contributed by atoms with E-state index in [0.29, 0.717) is 12.5 Å². The van der Waals surface area contributed by atoms with E-state index in [0.717, 1.165) is 24.1 Å². The number of hydrogen-bond acceptors (Lipinski definition) is 1. The third-order valence-electron chi connectivity index (χ3n) is 3.21. The summed E-state index contributed by atoms with van der Waals surface area (Å²) in [5.41, 5.74) is 0. The van der Waals surface area contributed by atoms with E-state index in [1.165, 1.54) is 0 Å². The number of hydrogen-bond donors (Lipinski definition) is 0. The molecule has 2 heteroatoms. The zero-order valence-corrected chi connectivity index (χ0v) is 8.80. The van der Waals surface area contributed by atoms with Gasteiger partial charge in [0.15, 0.2) is 0 Å². The Morgan fingerprint density at radius 1 is 1.17 bits per heavy atom. The molecular formula is C10H21N2+. The highest BCUT2D eigenvalue weighted by Crippen LogP contribution is 2.15. The van der Waals surface area contributed by atoms with Gasteiger partial charge in [-0.3, -0.25) is 0 Å². The zero-order valence-electron chi connectivity index (χ0n) is 8.80. The van der Waals surface area contributed by atoms with E-state index in [2.05, 4.69) is 33.8 Å².